The Morgan fingerprint density at radius 1 is 1.00 bits per heavy atom. The second kappa shape index (κ2) is 7.14. The SMILES string of the molecule is O=C(O)[C@@H]1Cc2c(ncn2Cc2ccccc2)CN1Cc1ccccc1. The number of benzene rings is 2. The molecule has 0 bridgehead atoms. The molecule has 4 rings (SSSR count). The lowest BCUT2D eigenvalue weighted by molar-refractivity contribution is -0.144. The van der Waals surface area contributed by atoms with Gasteiger partial charge in [-0.3, -0.25) is 9.69 Å². The second-order valence-electron chi connectivity index (χ2n) is 6.70. The zero-order valence-corrected chi connectivity index (χ0v) is 14.5. The van der Waals surface area contributed by atoms with Gasteiger partial charge in [0.15, 0.2) is 0 Å². The number of carboxylic acids is 1. The number of imidazole rings is 1. The molecule has 0 aliphatic carbocycles. The van der Waals surface area contributed by atoms with Crippen LogP contribution in [0.15, 0.2) is 67.0 Å². The molecule has 0 saturated heterocycles. The number of rotatable bonds is 5. The van der Waals surface area contributed by atoms with Crippen molar-refractivity contribution in [3.63, 3.8) is 0 Å². The number of aliphatic carboxylic acids is 1. The van der Waals surface area contributed by atoms with Gasteiger partial charge in [-0.05, 0) is 11.1 Å². The van der Waals surface area contributed by atoms with Gasteiger partial charge in [-0.15, -0.1) is 0 Å². The third-order valence-electron chi connectivity index (χ3n) is 4.92. The van der Waals surface area contributed by atoms with Crippen LogP contribution < -0.4 is 0 Å². The Bertz CT molecular complexity index is 890. The number of hydrogen-bond donors (Lipinski definition) is 1. The molecule has 132 valence electrons. The summed E-state index contributed by atoms with van der Waals surface area (Å²) in [6.07, 6.45) is 2.31. The summed E-state index contributed by atoms with van der Waals surface area (Å²) in [5, 5.41) is 9.76. The average Bonchev–Trinajstić information content (AvgIpc) is 3.04. The van der Waals surface area contributed by atoms with E-state index in [2.05, 4.69) is 21.7 Å². The van der Waals surface area contributed by atoms with E-state index in [1.807, 2.05) is 59.8 Å². The Labute approximate surface area is 152 Å². The molecule has 1 aromatic heterocycles. The van der Waals surface area contributed by atoms with Gasteiger partial charge in [0.1, 0.15) is 6.04 Å². The van der Waals surface area contributed by atoms with Crippen LogP contribution in [-0.2, 0) is 30.8 Å². The van der Waals surface area contributed by atoms with E-state index in [0.717, 1.165) is 17.0 Å². The number of fused-ring (bicyclic) bond motifs is 1. The van der Waals surface area contributed by atoms with Crippen LogP contribution in [0.5, 0.6) is 0 Å². The topological polar surface area (TPSA) is 58.4 Å². The number of hydrogen-bond acceptors (Lipinski definition) is 3. The fraction of sp³-hybridized carbons (Fsp3) is 0.238. The van der Waals surface area contributed by atoms with Crippen molar-refractivity contribution in [1.29, 1.82) is 0 Å². The van der Waals surface area contributed by atoms with Crippen molar-refractivity contribution >= 4 is 5.97 Å². The average molecular weight is 347 g/mol. The monoisotopic (exact) mass is 347 g/mol. The predicted molar refractivity (Wildman–Crippen MR) is 98.6 cm³/mol. The summed E-state index contributed by atoms with van der Waals surface area (Å²) in [5.74, 6) is -0.779. The lowest BCUT2D eigenvalue weighted by atomic mass is 10.0. The first-order valence-corrected chi connectivity index (χ1v) is 8.78. The third-order valence-corrected chi connectivity index (χ3v) is 4.92. The fourth-order valence-electron chi connectivity index (χ4n) is 3.58. The Morgan fingerprint density at radius 3 is 2.23 bits per heavy atom. The number of aromatic nitrogens is 2. The minimum Gasteiger partial charge on any atom is -0.480 e. The van der Waals surface area contributed by atoms with E-state index in [0.29, 0.717) is 26.1 Å². The molecule has 1 atom stereocenters. The molecule has 2 heterocycles. The van der Waals surface area contributed by atoms with Crippen LogP contribution in [0.4, 0.5) is 0 Å². The number of nitrogens with zero attached hydrogens (tertiary/aromatic N) is 3. The van der Waals surface area contributed by atoms with Crippen LogP contribution in [0.2, 0.25) is 0 Å². The molecule has 1 aliphatic rings. The molecule has 26 heavy (non-hydrogen) atoms. The summed E-state index contributed by atoms with van der Waals surface area (Å²) < 4.78 is 2.08. The molecular formula is C21H21N3O2. The van der Waals surface area contributed by atoms with Gasteiger partial charge in [0.25, 0.3) is 0 Å². The van der Waals surface area contributed by atoms with Crippen LogP contribution in [-0.4, -0.2) is 31.6 Å². The Hall–Kier alpha value is -2.92. The summed E-state index contributed by atoms with van der Waals surface area (Å²) in [4.78, 5) is 18.5. The van der Waals surface area contributed by atoms with Gasteiger partial charge in [-0.25, -0.2) is 4.98 Å². The number of carbonyl (C=O) groups is 1. The molecule has 0 fully saturated rings. The van der Waals surface area contributed by atoms with E-state index in [4.69, 9.17) is 0 Å². The highest BCUT2D eigenvalue weighted by molar-refractivity contribution is 5.74. The van der Waals surface area contributed by atoms with E-state index in [1.165, 1.54) is 5.56 Å². The maximum absolute atomic E-state index is 11.9. The Kier molecular flexibility index (Phi) is 4.54. The first-order valence-electron chi connectivity index (χ1n) is 8.78. The largest absolute Gasteiger partial charge is 0.480 e. The van der Waals surface area contributed by atoms with Gasteiger partial charge < -0.3 is 9.67 Å². The minimum absolute atomic E-state index is 0.477. The molecule has 0 unspecified atom stereocenters. The predicted octanol–water partition coefficient (Wildman–Crippen LogP) is 2.94. The first-order chi connectivity index (χ1) is 12.7. The van der Waals surface area contributed by atoms with Crippen LogP contribution >= 0.6 is 0 Å². The quantitative estimate of drug-likeness (QED) is 0.771. The molecule has 0 radical (unpaired) electrons. The summed E-state index contributed by atoms with van der Waals surface area (Å²) in [6, 6.07) is 19.6. The van der Waals surface area contributed by atoms with Crippen molar-refractivity contribution in [3.05, 3.63) is 89.5 Å². The molecule has 0 amide bonds. The van der Waals surface area contributed by atoms with E-state index < -0.39 is 12.0 Å². The van der Waals surface area contributed by atoms with Crippen molar-refractivity contribution in [2.75, 3.05) is 0 Å². The maximum Gasteiger partial charge on any atom is 0.321 e. The minimum atomic E-state index is -0.779. The number of carboxylic acid groups (broad SMARTS) is 1. The second-order valence-corrected chi connectivity index (χ2v) is 6.70. The first kappa shape index (κ1) is 16.5. The van der Waals surface area contributed by atoms with Crippen molar-refractivity contribution in [3.8, 4) is 0 Å². The maximum atomic E-state index is 11.9. The van der Waals surface area contributed by atoms with E-state index in [1.54, 1.807) is 0 Å². The molecule has 1 N–H and O–H groups in total. The highest BCUT2D eigenvalue weighted by Crippen LogP contribution is 2.25. The Morgan fingerprint density at radius 2 is 1.62 bits per heavy atom. The van der Waals surface area contributed by atoms with Crippen molar-refractivity contribution < 1.29 is 9.90 Å². The van der Waals surface area contributed by atoms with Crippen LogP contribution in [0, 0.1) is 0 Å². The van der Waals surface area contributed by atoms with Crippen molar-refractivity contribution in [2.45, 2.75) is 32.1 Å². The van der Waals surface area contributed by atoms with Gasteiger partial charge in [0.05, 0.1) is 12.0 Å². The lowest BCUT2D eigenvalue weighted by Crippen LogP contribution is -2.45. The van der Waals surface area contributed by atoms with Gasteiger partial charge in [0.2, 0.25) is 0 Å². The molecule has 5 heteroatoms. The summed E-state index contributed by atoms with van der Waals surface area (Å²) in [6.45, 7) is 1.89. The van der Waals surface area contributed by atoms with Crippen molar-refractivity contribution in [2.24, 2.45) is 0 Å². The molecule has 0 saturated carbocycles. The summed E-state index contributed by atoms with van der Waals surface area (Å²) in [5.41, 5.74) is 4.32. The molecule has 1 aliphatic heterocycles. The molecular weight excluding hydrogens is 326 g/mol. The lowest BCUT2D eigenvalue weighted by Gasteiger charge is -2.33. The summed E-state index contributed by atoms with van der Waals surface area (Å²) >= 11 is 0. The van der Waals surface area contributed by atoms with Gasteiger partial charge in [-0.1, -0.05) is 60.7 Å². The van der Waals surface area contributed by atoms with Crippen LogP contribution in [0.25, 0.3) is 0 Å². The van der Waals surface area contributed by atoms with Crippen LogP contribution in [0.1, 0.15) is 22.5 Å². The standard InChI is InChI=1S/C21H21N3O2/c25-21(26)20-11-19-18(14-23(20)12-16-7-3-1-4-8-16)22-15-24(19)13-17-9-5-2-6-10-17/h1-10,15,20H,11-14H2,(H,25,26)/t20-/m0/s1. The fourth-order valence-corrected chi connectivity index (χ4v) is 3.58. The zero-order valence-electron chi connectivity index (χ0n) is 14.5. The highest BCUT2D eigenvalue weighted by atomic mass is 16.4. The van der Waals surface area contributed by atoms with E-state index in [9.17, 15) is 9.90 Å². The molecule has 3 aromatic rings. The normalized spacial score (nSPS) is 17.0. The molecule has 2 aromatic carbocycles. The molecule has 0 spiro atoms. The Balaban J connectivity index is 1.59. The highest BCUT2D eigenvalue weighted by Gasteiger charge is 2.34. The van der Waals surface area contributed by atoms with Gasteiger partial charge in [-0.2, -0.15) is 0 Å². The smallest absolute Gasteiger partial charge is 0.321 e. The van der Waals surface area contributed by atoms with Crippen LogP contribution in [0.3, 0.4) is 0 Å². The third kappa shape index (κ3) is 3.39. The van der Waals surface area contributed by atoms with E-state index >= 15 is 0 Å². The van der Waals surface area contributed by atoms with Crippen molar-refractivity contribution in [1.82, 2.24) is 14.5 Å². The van der Waals surface area contributed by atoms with E-state index in [-0.39, 0.29) is 0 Å². The van der Waals surface area contributed by atoms with Gasteiger partial charge in [0, 0.05) is 31.7 Å². The zero-order chi connectivity index (χ0) is 17.9. The van der Waals surface area contributed by atoms with Gasteiger partial charge >= 0.3 is 5.97 Å². The molecule has 5 nitrogen and oxygen atoms in total. The summed E-state index contributed by atoms with van der Waals surface area (Å²) in [7, 11) is 0.